The van der Waals surface area contributed by atoms with Crippen LogP contribution in [0.5, 0.6) is 0 Å². The third-order valence-corrected chi connectivity index (χ3v) is 2.18. The Morgan fingerprint density at radius 3 is 2.40 bits per heavy atom. The molecule has 0 saturated carbocycles. The van der Waals surface area contributed by atoms with Gasteiger partial charge in [-0.2, -0.15) is 10.4 Å². The SMILES string of the molecule is Cc1cc(C)cc(-n2cc(C#N)cn2)c1. The molecule has 0 radical (unpaired) electrons. The van der Waals surface area contributed by atoms with E-state index in [1.165, 1.54) is 11.1 Å². The van der Waals surface area contributed by atoms with Crippen molar-refractivity contribution in [3.05, 3.63) is 47.3 Å². The van der Waals surface area contributed by atoms with Gasteiger partial charge in [-0.1, -0.05) is 6.07 Å². The summed E-state index contributed by atoms with van der Waals surface area (Å²) in [4.78, 5) is 0. The van der Waals surface area contributed by atoms with Crippen molar-refractivity contribution in [1.29, 1.82) is 5.26 Å². The summed E-state index contributed by atoms with van der Waals surface area (Å²) in [6.07, 6.45) is 3.30. The third kappa shape index (κ3) is 1.89. The second kappa shape index (κ2) is 3.58. The van der Waals surface area contributed by atoms with Gasteiger partial charge in [0.1, 0.15) is 6.07 Å². The fourth-order valence-corrected chi connectivity index (χ4v) is 1.60. The van der Waals surface area contributed by atoms with Crippen LogP contribution in [-0.2, 0) is 0 Å². The number of nitriles is 1. The van der Waals surface area contributed by atoms with E-state index in [9.17, 15) is 0 Å². The van der Waals surface area contributed by atoms with E-state index >= 15 is 0 Å². The van der Waals surface area contributed by atoms with Crippen molar-refractivity contribution < 1.29 is 0 Å². The van der Waals surface area contributed by atoms with Crippen LogP contribution in [-0.4, -0.2) is 9.78 Å². The summed E-state index contributed by atoms with van der Waals surface area (Å²) in [5.41, 5.74) is 3.96. The quantitative estimate of drug-likeness (QED) is 0.704. The molecule has 0 aliphatic carbocycles. The second-order valence-electron chi connectivity index (χ2n) is 3.63. The van der Waals surface area contributed by atoms with Gasteiger partial charge in [0.15, 0.2) is 0 Å². The Kier molecular flexibility index (Phi) is 2.26. The van der Waals surface area contributed by atoms with Gasteiger partial charge in [0.2, 0.25) is 0 Å². The van der Waals surface area contributed by atoms with E-state index in [4.69, 9.17) is 5.26 Å². The summed E-state index contributed by atoms with van der Waals surface area (Å²) >= 11 is 0. The zero-order valence-electron chi connectivity index (χ0n) is 8.73. The minimum Gasteiger partial charge on any atom is -0.240 e. The van der Waals surface area contributed by atoms with Crippen molar-refractivity contribution in [2.24, 2.45) is 0 Å². The molecule has 0 unspecified atom stereocenters. The van der Waals surface area contributed by atoms with Crippen LogP contribution in [0.25, 0.3) is 5.69 Å². The highest BCUT2D eigenvalue weighted by atomic mass is 15.3. The van der Waals surface area contributed by atoms with Crippen molar-refractivity contribution in [2.75, 3.05) is 0 Å². The van der Waals surface area contributed by atoms with Gasteiger partial charge in [-0.3, -0.25) is 0 Å². The topological polar surface area (TPSA) is 41.6 Å². The molecule has 3 nitrogen and oxygen atoms in total. The molecule has 0 amide bonds. The van der Waals surface area contributed by atoms with Gasteiger partial charge in [-0.25, -0.2) is 4.68 Å². The Bertz CT molecular complexity index is 512. The maximum atomic E-state index is 8.70. The molecule has 0 fully saturated rings. The standard InChI is InChI=1S/C12H11N3/c1-9-3-10(2)5-12(4-9)15-8-11(6-13)7-14-15/h3-5,7-8H,1-2H3. The Balaban J connectivity index is 2.50. The smallest absolute Gasteiger partial charge is 0.102 e. The predicted molar refractivity (Wildman–Crippen MR) is 57.8 cm³/mol. The van der Waals surface area contributed by atoms with Crippen molar-refractivity contribution in [2.45, 2.75) is 13.8 Å². The first kappa shape index (κ1) is 9.47. The molecule has 1 aromatic carbocycles. The van der Waals surface area contributed by atoms with Crippen LogP contribution >= 0.6 is 0 Å². The van der Waals surface area contributed by atoms with E-state index < -0.39 is 0 Å². The lowest BCUT2D eigenvalue weighted by Crippen LogP contribution is -1.95. The second-order valence-corrected chi connectivity index (χ2v) is 3.63. The fraction of sp³-hybridized carbons (Fsp3) is 0.167. The molecule has 2 rings (SSSR count). The van der Waals surface area contributed by atoms with E-state index in [1.807, 2.05) is 26.0 Å². The number of rotatable bonds is 1. The molecule has 0 spiro atoms. The van der Waals surface area contributed by atoms with Crippen LogP contribution in [0.3, 0.4) is 0 Å². The molecule has 0 N–H and O–H groups in total. The third-order valence-electron chi connectivity index (χ3n) is 2.18. The van der Waals surface area contributed by atoms with Crippen LogP contribution in [0.15, 0.2) is 30.6 Å². The number of nitrogens with zero attached hydrogens (tertiary/aromatic N) is 3. The maximum absolute atomic E-state index is 8.70. The lowest BCUT2D eigenvalue weighted by Gasteiger charge is -2.04. The monoisotopic (exact) mass is 197 g/mol. The van der Waals surface area contributed by atoms with Crippen LogP contribution in [0.4, 0.5) is 0 Å². The molecule has 2 aromatic rings. The zero-order valence-corrected chi connectivity index (χ0v) is 8.73. The van der Waals surface area contributed by atoms with Crippen LogP contribution < -0.4 is 0 Å². The van der Waals surface area contributed by atoms with Gasteiger partial charge in [0.25, 0.3) is 0 Å². The number of hydrogen-bond acceptors (Lipinski definition) is 2. The summed E-state index contributed by atoms with van der Waals surface area (Å²) in [5.74, 6) is 0. The summed E-state index contributed by atoms with van der Waals surface area (Å²) in [7, 11) is 0. The molecule has 74 valence electrons. The summed E-state index contributed by atoms with van der Waals surface area (Å²) in [6, 6.07) is 8.26. The first-order valence-electron chi connectivity index (χ1n) is 4.72. The van der Waals surface area contributed by atoms with E-state index in [0.717, 1.165) is 5.69 Å². The minimum atomic E-state index is 0.578. The largest absolute Gasteiger partial charge is 0.240 e. The number of aryl methyl sites for hydroxylation is 2. The normalized spacial score (nSPS) is 9.93. The average Bonchev–Trinajstić information content (AvgIpc) is 2.64. The van der Waals surface area contributed by atoms with Gasteiger partial charge < -0.3 is 0 Å². The van der Waals surface area contributed by atoms with Crippen LogP contribution in [0.1, 0.15) is 16.7 Å². The van der Waals surface area contributed by atoms with E-state index in [-0.39, 0.29) is 0 Å². The lowest BCUT2D eigenvalue weighted by atomic mass is 10.1. The van der Waals surface area contributed by atoms with E-state index in [0.29, 0.717) is 5.56 Å². The molecule has 0 aliphatic heterocycles. The Labute approximate surface area is 88.6 Å². The van der Waals surface area contributed by atoms with Gasteiger partial charge >= 0.3 is 0 Å². The molecule has 1 heterocycles. The Morgan fingerprint density at radius 2 is 1.87 bits per heavy atom. The summed E-state index contributed by atoms with van der Waals surface area (Å²) < 4.78 is 1.72. The van der Waals surface area contributed by atoms with Crippen LogP contribution in [0.2, 0.25) is 0 Å². The highest BCUT2D eigenvalue weighted by Crippen LogP contribution is 2.13. The van der Waals surface area contributed by atoms with Gasteiger partial charge in [-0.15, -0.1) is 0 Å². The average molecular weight is 197 g/mol. The maximum Gasteiger partial charge on any atom is 0.102 e. The predicted octanol–water partition coefficient (Wildman–Crippen LogP) is 2.36. The molecule has 0 saturated heterocycles. The molecule has 0 bridgehead atoms. The highest BCUT2D eigenvalue weighted by molar-refractivity contribution is 5.40. The number of hydrogen-bond donors (Lipinski definition) is 0. The molecule has 0 aliphatic rings. The number of benzene rings is 1. The molecule has 0 atom stereocenters. The minimum absolute atomic E-state index is 0.578. The van der Waals surface area contributed by atoms with E-state index in [1.54, 1.807) is 17.1 Å². The highest BCUT2D eigenvalue weighted by Gasteiger charge is 2.01. The van der Waals surface area contributed by atoms with Gasteiger partial charge in [0, 0.05) is 6.20 Å². The summed E-state index contributed by atoms with van der Waals surface area (Å²) in [5, 5.41) is 12.8. The van der Waals surface area contributed by atoms with Crippen molar-refractivity contribution in [1.82, 2.24) is 9.78 Å². The molecule has 15 heavy (non-hydrogen) atoms. The van der Waals surface area contributed by atoms with Gasteiger partial charge in [-0.05, 0) is 37.1 Å². The first-order chi connectivity index (χ1) is 7.19. The van der Waals surface area contributed by atoms with Gasteiger partial charge in [0.05, 0.1) is 17.4 Å². The Hall–Kier alpha value is -2.08. The molecular formula is C12H11N3. The van der Waals surface area contributed by atoms with Crippen LogP contribution in [0, 0.1) is 25.2 Å². The Morgan fingerprint density at radius 1 is 1.20 bits per heavy atom. The van der Waals surface area contributed by atoms with Crippen molar-refractivity contribution >= 4 is 0 Å². The molecule has 1 aromatic heterocycles. The first-order valence-corrected chi connectivity index (χ1v) is 4.72. The fourth-order valence-electron chi connectivity index (χ4n) is 1.60. The molecular weight excluding hydrogens is 186 g/mol. The van der Waals surface area contributed by atoms with Crippen molar-refractivity contribution in [3.63, 3.8) is 0 Å². The van der Waals surface area contributed by atoms with Crippen molar-refractivity contribution in [3.8, 4) is 11.8 Å². The summed E-state index contributed by atoms with van der Waals surface area (Å²) in [6.45, 7) is 4.09. The zero-order chi connectivity index (χ0) is 10.8. The van der Waals surface area contributed by atoms with E-state index in [2.05, 4.69) is 17.2 Å². The number of aromatic nitrogens is 2. The lowest BCUT2D eigenvalue weighted by molar-refractivity contribution is 0.877. The molecule has 3 heteroatoms.